The summed E-state index contributed by atoms with van der Waals surface area (Å²) in [7, 11) is 0. The number of nitrogens with zero attached hydrogens (tertiary/aromatic N) is 3. The van der Waals surface area contributed by atoms with E-state index in [2.05, 4.69) is 5.10 Å². The SMILES string of the molecule is CCN(C[C@@H]1CCCO1)C(=O)c1cc(-n2cccn2)ccc1Cl. The molecule has 1 aliphatic rings. The minimum absolute atomic E-state index is 0.0676. The van der Waals surface area contributed by atoms with E-state index in [1.165, 1.54) is 0 Å². The first kappa shape index (κ1) is 16.0. The maximum Gasteiger partial charge on any atom is 0.255 e. The predicted molar refractivity (Wildman–Crippen MR) is 89.1 cm³/mol. The Bertz CT molecular complexity index is 666. The van der Waals surface area contributed by atoms with E-state index in [4.69, 9.17) is 16.3 Å². The second kappa shape index (κ2) is 7.15. The van der Waals surface area contributed by atoms with Gasteiger partial charge in [-0.1, -0.05) is 11.6 Å². The zero-order valence-corrected chi connectivity index (χ0v) is 13.9. The lowest BCUT2D eigenvalue weighted by Crippen LogP contribution is -2.37. The van der Waals surface area contributed by atoms with Crippen molar-refractivity contribution >= 4 is 17.5 Å². The van der Waals surface area contributed by atoms with Crippen molar-refractivity contribution in [1.29, 1.82) is 0 Å². The Morgan fingerprint density at radius 1 is 1.52 bits per heavy atom. The largest absolute Gasteiger partial charge is 0.376 e. The highest BCUT2D eigenvalue weighted by Gasteiger charge is 2.24. The summed E-state index contributed by atoms with van der Waals surface area (Å²) in [6.07, 6.45) is 5.73. The molecule has 1 atom stereocenters. The molecule has 2 aromatic rings. The number of ether oxygens (including phenoxy) is 1. The third kappa shape index (κ3) is 3.57. The monoisotopic (exact) mass is 333 g/mol. The molecule has 6 heteroatoms. The van der Waals surface area contributed by atoms with Crippen molar-refractivity contribution in [2.75, 3.05) is 19.7 Å². The van der Waals surface area contributed by atoms with E-state index in [1.807, 2.05) is 25.3 Å². The maximum atomic E-state index is 12.9. The Kier molecular flexibility index (Phi) is 4.98. The van der Waals surface area contributed by atoms with E-state index in [0.717, 1.165) is 25.1 Å². The van der Waals surface area contributed by atoms with Gasteiger partial charge in [-0.2, -0.15) is 5.10 Å². The van der Waals surface area contributed by atoms with Crippen LogP contribution in [0.15, 0.2) is 36.7 Å². The Morgan fingerprint density at radius 3 is 3.04 bits per heavy atom. The molecule has 1 aliphatic heterocycles. The first-order valence-corrected chi connectivity index (χ1v) is 8.27. The molecule has 1 fully saturated rings. The van der Waals surface area contributed by atoms with Crippen LogP contribution in [0.2, 0.25) is 5.02 Å². The number of rotatable bonds is 5. The molecule has 1 amide bonds. The molecule has 1 saturated heterocycles. The van der Waals surface area contributed by atoms with Crippen LogP contribution in [0.4, 0.5) is 0 Å². The van der Waals surface area contributed by atoms with Crippen LogP contribution in [-0.4, -0.2) is 46.4 Å². The summed E-state index contributed by atoms with van der Waals surface area (Å²) in [5.41, 5.74) is 1.32. The van der Waals surface area contributed by atoms with E-state index >= 15 is 0 Å². The van der Waals surface area contributed by atoms with E-state index in [1.54, 1.807) is 27.9 Å². The van der Waals surface area contributed by atoms with Crippen molar-refractivity contribution in [3.63, 3.8) is 0 Å². The molecule has 0 N–H and O–H groups in total. The minimum atomic E-state index is -0.0676. The van der Waals surface area contributed by atoms with Crippen LogP contribution in [0.3, 0.4) is 0 Å². The first-order chi connectivity index (χ1) is 11.2. The van der Waals surface area contributed by atoms with Crippen LogP contribution in [0.1, 0.15) is 30.1 Å². The number of aromatic nitrogens is 2. The second-order valence-corrected chi connectivity index (χ2v) is 6.00. The van der Waals surface area contributed by atoms with Gasteiger partial charge in [-0.3, -0.25) is 4.79 Å². The third-order valence-corrected chi connectivity index (χ3v) is 4.40. The Balaban J connectivity index is 1.83. The average molecular weight is 334 g/mol. The molecule has 122 valence electrons. The molecule has 2 heterocycles. The maximum absolute atomic E-state index is 12.9. The molecule has 0 radical (unpaired) electrons. The van der Waals surface area contributed by atoms with Crippen molar-refractivity contribution in [1.82, 2.24) is 14.7 Å². The summed E-state index contributed by atoms with van der Waals surface area (Å²) < 4.78 is 7.35. The van der Waals surface area contributed by atoms with Crippen molar-refractivity contribution < 1.29 is 9.53 Å². The molecular weight excluding hydrogens is 314 g/mol. The third-order valence-electron chi connectivity index (χ3n) is 4.07. The highest BCUT2D eigenvalue weighted by atomic mass is 35.5. The van der Waals surface area contributed by atoms with E-state index < -0.39 is 0 Å². The van der Waals surface area contributed by atoms with Crippen molar-refractivity contribution in [2.24, 2.45) is 0 Å². The number of likely N-dealkylation sites (N-methyl/N-ethyl adjacent to an activating group) is 1. The minimum Gasteiger partial charge on any atom is -0.376 e. The summed E-state index contributed by atoms with van der Waals surface area (Å²) in [5, 5.41) is 4.65. The molecule has 1 aromatic carbocycles. The quantitative estimate of drug-likeness (QED) is 0.844. The lowest BCUT2D eigenvalue weighted by atomic mass is 10.1. The van der Waals surface area contributed by atoms with Gasteiger partial charge in [0.2, 0.25) is 0 Å². The normalized spacial score (nSPS) is 17.4. The summed E-state index contributed by atoms with van der Waals surface area (Å²) in [6, 6.07) is 7.22. The number of carbonyl (C=O) groups excluding carboxylic acids is 1. The molecule has 0 bridgehead atoms. The topological polar surface area (TPSA) is 47.4 Å². The summed E-state index contributed by atoms with van der Waals surface area (Å²) in [5.74, 6) is -0.0676. The zero-order chi connectivity index (χ0) is 16.2. The van der Waals surface area contributed by atoms with Crippen LogP contribution < -0.4 is 0 Å². The summed E-state index contributed by atoms with van der Waals surface area (Å²) in [4.78, 5) is 14.7. The van der Waals surface area contributed by atoms with Crippen LogP contribution in [0.25, 0.3) is 5.69 Å². The van der Waals surface area contributed by atoms with Gasteiger partial charge in [0.15, 0.2) is 0 Å². The van der Waals surface area contributed by atoms with Gasteiger partial charge < -0.3 is 9.64 Å². The zero-order valence-electron chi connectivity index (χ0n) is 13.1. The number of amides is 1. The molecule has 1 aromatic heterocycles. The second-order valence-electron chi connectivity index (χ2n) is 5.59. The molecule has 5 nitrogen and oxygen atoms in total. The Hall–Kier alpha value is -1.85. The number of hydrogen-bond acceptors (Lipinski definition) is 3. The standard InChI is InChI=1S/C17H20ClN3O2/c1-2-20(12-14-5-3-10-23-14)17(22)15-11-13(6-7-16(15)18)21-9-4-8-19-21/h4,6-9,11,14H,2-3,5,10,12H2,1H3/t14-/m0/s1. The first-order valence-electron chi connectivity index (χ1n) is 7.89. The van der Waals surface area contributed by atoms with Gasteiger partial charge in [0, 0.05) is 32.1 Å². The molecule has 0 spiro atoms. The van der Waals surface area contributed by atoms with Crippen LogP contribution >= 0.6 is 11.6 Å². The van der Waals surface area contributed by atoms with Gasteiger partial charge in [-0.05, 0) is 44.0 Å². The lowest BCUT2D eigenvalue weighted by Gasteiger charge is -2.24. The fourth-order valence-corrected chi connectivity index (χ4v) is 3.00. The van der Waals surface area contributed by atoms with Crippen molar-refractivity contribution in [3.05, 3.63) is 47.2 Å². The van der Waals surface area contributed by atoms with Gasteiger partial charge >= 0.3 is 0 Å². The molecule has 3 rings (SSSR count). The number of hydrogen-bond donors (Lipinski definition) is 0. The number of benzene rings is 1. The van der Waals surface area contributed by atoms with E-state index in [0.29, 0.717) is 23.7 Å². The predicted octanol–water partition coefficient (Wildman–Crippen LogP) is 3.17. The van der Waals surface area contributed by atoms with Gasteiger partial charge in [0.25, 0.3) is 5.91 Å². The number of halogens is 1. The average Bonchev–Trinajstić information content (AvgIpc) is 3.26. The van der Waals surface area contributed by atoms with Gasteiger partial charge in [0.05, 0.1) is 22.4 Å². The van der Waals surface area contributed by atoms with Gasteiger partial charge in [-0.15, -0.1) is 0 Å². The van der Waals surface area contributed by atoms with Gasteiger partial charge in [0.1, 0.15) is 0 Å². The Morgan fingerprint density at radius 2 is 2.39 bits per heavy atom. The summed E-state index contributed by atoms with van der Waals surface area (Å²) >= 11 is 6.26. The molecule has 23 heavy (non-hydrogen) atoms. The molecule has 0 saturated carbocycles. The highest BCUT2D eigenvalue weighted by Crippen LogP contribution is 2.22. The van der Waals surface area contributed by atoms with Crippen LogP contribution in [0.5, 0.6) is 0 Å². The van der Waals surface area contributed by atoms with E-state index in [9.17, 15) is 4.79 Å². The highest BCUT2D eigenvalue weighted by molar-refractivity contribution is 6.33. The Labute approximate surface area is 140 Å². The van der Waals surface area contributed by atoms with Crippen LogP contribution in [0, 0.1) is 0 Å². The van der Waals surface area contributed by atoms with E-state index in [-0.39, 0.29) is 12.0 Å². The number of carbonyl (C=O) groups is 1. The molecule has 0 aliphatic carbocycles. The molecular formula is C17H20ClN3O2. The lowest BCUT2D eigenvalue weighted by molar-refractivity contribution is 0.0539. The fourth-order valence-electron chi connectivity index (χ4n) is 2.80. The van der Waals surface area contributed by atoms with Crippen LogP contribution in [-0.2, 0) is 4.74 Å². The fraction of sp³-hybridized carbons (Fsp3) is 0.412. The van der Waals surface area contributed by atoms with Gasteiger partial charge in [-0.25, -0.2) is 4.68 Å². The smallest absolute Gasteiger partial charge is 0.255 e. The molecule has 0 unspecified atom stereocenters. The van der Waals surface area contributed by atoms with Crippen molar-refractivity contribution in [3.8, 4) is 5.69 Å². The van der Waals surface area contributed by atoms with Crippen molar-refractivity contribution in [2.45, 2.75) is 25.9 Å². The summed E-state index contributed by atoms with van der Waals surface area (Å²) in [6.45, 7) is 3.99.